The van der Waals surface area contributed by atoms with E-state index in [4.69, 9.17) is 4.74 Å². The first-order valence-electron chi connectivity index (χ1n) is 14.2. The van der Waals surface area contributed by atoms with Crippen LogP contribution in [-0.2, 0) is 17.6 Å². The van der Waals surface area contributed by atoms with E-state index in [1.807, 2.05) is 54.6 Å². The number of carbonyl (C=O) groups is 1. The average Bonchev–Trinajstić information content (AvgIpc) is 3.39. The molecule has 0 atom stereocenters. The Morgan fingerprint density at radius 2 is 1.55 bits per heavy atom. The molecule has 0 saturated heterocycles. The van der Waals surface area contributed by atoms with Gasteiger partial charge in [-0.3, -0.25) is 9.36 Å². The van der Waals surface area contributed by atoms with Gasteiger partial charge in [-0.25, -0.2) is 0 Å². The number of carbonyl (C=O) groups excluding carboxylic acids is 1. The van der Waals surface area contributed by atoms with Gasteiger partial charge in [0.2, 0.25) is 5.91 Å². The van der Waals surface area contributed by atoms with Crippen LogP contribution in [0.1, 0.15) is 56.3 Å². The number of aromatic nitrogens is 3. The predicted molar refractivity (Wildman–Crippen MR) is 158 cm³/mol. The molecule has 1 aliphatic rings. The number of alkyl halides is 3. The highest BCUT2D eigenvalue weighted by Crippen LogP contribution is 2.36. The molecule has 0 spiro atoms. The van der Waals surface area contributed by atoms with Gasteiger partial charge in [-0.1, -0.05) is 105 Å². The summed E-state index contributed by atoms with van der Waals surface area (Å²) in [5, 5.41) is 11.7. The Labute approximate surface area is 247 Å². The van der Waals surface area contributed by atoms with E-state index >= 15 is 0 Å². The molecule has 1 heterocycles. The zero-order chi connectivity index (χ0) is 29.4. The molecule has 1 fully saturated rings. The van der Waals surface area contributed by atoms with E-state index in [2.05, 4.69) is 15.5 Å². The molecule has 0 bridgehead atoms. The smallest absolute Gasteiger partial charge is 0.418 e. The number of ether oxygens (including phenoxy) is 1. The fourth-order valence-corrected chi connectivity index (χ4v) is 6.00. The van der Waals surface area contributed by atoms with Gasteiger partial charge in [0, 0.05) is 11.6 Å². The maximum atomic E-state index is 14.1. The third-order valence-electron chi connectivity index (χ3n) is 7.28. The second-order valence-corrected chi connectivity index (χ2v) is 11.2. The maximum absolute atomic E-state index is 14.1. The van der Waals surface area contributed by atoms with Gasteiger partial charge in [-0.2, -0.15) is 13.2 Å². The van der Waals surface area contributed by atoms with Crippen LogP contribution < -0.4 is 10.1 Å². The highest BCUT2D eigenvalue weighted by molar-refractivity contribution is 7.99. The maximum Gasteiger partial charge on any atom is 0.418 e. The molecule has 6 nitrogen and oxygen atoms in total. The van der Waals surface area contributed by atoms with E-state index < -0.39 is 11.7 Å². The summed E-state index contributed by atoms with van der Waals surface area (Å²) in [6.07, 6.45) is 3.02. The quantitative estimate of drug-likeness (QED) is 0.200. The monoisotopic (exact) mass is 594 g/mol. The van der Waals surface area contributed by atoms with Gasteiger partial charge in [0.1, 0.15) is 12.4 Å². The van der Waals surface area contributed by atoms with Crippen molar-refractivity contribution in [2.45, 2.75) is 68.9 Å². The lowest BCUT2D eigenvalue weighted by Gasteiger charge is -2.21. The number of thioether (sulfide) groups is 1. The molecule has 1 amide bonds. The first-order valence-corrected chi connectivity index (χ1v) is 15.2. The summed E-state index contributed by atoms with van der Waals surface area (Å²) in [6, 6.07) is 22.6. The molecule has 0 unspecified atom stereocenters. The van der Waals surface area contributed by atoms with Crippen LogP contribution in [0.4, 0.5) is 13.2 Å². The Morgan fingerprint density at radius 3 is 2.31 bits per heavy atom. The summed E-state index contributed by atoms with van der Waals surface area (Å²) in [6.45, 7) is -0.127. The average molecular weight is 595 g/mol. The van der Waals surface area contributed by atoms with Gasteiger partial charge in [0.25, 0.3) is 0 Å². The number of nitrogens with one attached hydrogen (secondary N) is 1. The fourth-order valence-electron chi connectivity index (χ4n) is 5.23. The number of amides is 1. The molecule has 4 aromatic rings. The SMILES string of the molecule is O=C(CSc1nnc(COc2ccccc2-c2ccccc2)n1-c1ccccc1C(F)(F)F)NC1CCCCCCC1. The van der Waals surface area contributed by atoms with Gasteiger partial charge in [0.05, 0.1) is 17.0 Å². The molecule has 3 aromatic carbocycles. The van der Waals surface area contributed by atoms with E-state index in [9.17, 15) is 18.0 Å². The standard InChI is InChI=1S/C32H33F3N4O2S/c33-32(34,35)26-18-10-11-19-27(26)39-29(21-41-28-20-12-9-17-25(28)23-13-5-4-6-14-23)37-38-31(39)42-22-30(40)36-24-15-7-2-1-3-8-16-24/h4-6,9-14,17-20,24H,1-3,7-8,15-16,21-22H2,(H,36,40). The molecule has 0 aliphatic heterocycles. The van der Waals surface area contributed by atoms with Gasteiger partial charge in [-0.05, 0) is 36.6 Å². The molecule has 220 valence electrons. The third-order valence-corrected chi connectivity index (χ3v) is 8.21. The first-order chi connectivity index (χ1) is 20.4. The zero-order valence-corrected chi connectivity index (χ0v) is 24.0. The Hall–Kier alpha value is -3.79. The number of rotatable bonds is 9. The van der Waals surface area contributed by atoms with Gasteiger partial charge >= 0.3 is 6.18 Å². The number of nitrogens with zero attached hydrogens (tertiary/aromatic N) is 3. The first kappa shape index (κ1) is 29.7. The van der Waals surface area contributed by atoms with Crippen LogP contribution in [0.25, 0.3) is 16.8 Å². The molecule has 10 heteroatoms. The van der Waals surface area contributed by atoms with Crippen molar-refractivity contribution >= 4 is 17.7 Å². The third kappa shape index (κ3) is 7.53. The summed E-state index contributed by atoms with van der Waals surface area (Å²) in [5.41, 5.74) is 0.855. The number of benzene rings is 3. The second-order valence-electron chi connectivity index (χ2n) is 10.3. The molecule has 1 saturated carbocycles. The Morgan fingerprint density at radius 1 is 0.881 bits per heavy atom. The van der Waals surface area contributed by atoms with E-state index in [0.29, 0.717) is 5.75 Å². The summed E-state index contributed by atoms with van der Waals surface area (Å²) in [4.78, 5) is 12.9. The lowest BCUT2D eigenvalue weighted by molar-refractivity contribution is -0.137. The zero-order valence-electron chi connectivity index (χ0n) is 23.1. The summed E-state index contributed by atoms with van der Waals surface area (Å²) < 4.78 is 49.7. The van der Waals surface area contributed by atoms with Crippen LogP contribution in [0.15, 0.2) is 84.0 Å². The minimum absolute atomic E-state index is 0.0144. The van der Waals surface area contributed by atoms with Crippen molar-refractivity contribution in [1.82, 2.24) is 20.1 Å². The molecular weight excluding hydrogens is 561 g/mol. The van der Waals surface area contributed by atoms with Crippen molar-refractivity contribution in [2.75, 3.05) is 5.75 Å². The summed E-state index contributed by atoms with van der Waals surface area (Å²) in [5.74, 6) is 0.604. The summed E-state index contributed by atoms with van der Waals surface area (Å²) >= 11 is 1.06. The topological polar surface area (TPSA) is 69.0 Å². The number of hydrogen-bond acceptors (Lipinski definition) is 5. The minimum Gasteiger partial charge on any atom is -0.485 e. The summed E-state index contributed by atoms with van der Waals surface area (Å²) in [7, 11) is 0. The van der Waals surface area contributed by atoms with Crippen molar-refractivity contribution in [2.24, 2.45) is 0 Å². The number of halogens is 3. The number of para-hydroxylation sites is 2. The van der Waals surface area contributed by atoms with E-state index in [1.165, 1.54) is 42.0 Å². The van der Waals surface area contributed by atoms with Crippen LogP contribution in [0.5, 0.6) is 5.75 Å². The minimum atomic E-state index is -4.60. The van der Waals surface area contributed by atoms with E-state index in [-0.39, 0.29) is 41.0 Å². The van der Waals surface area contributed by atoms with E-state index in [0.717, 1.165) is 54.6 Å². The second kappa shape index (κ2) is 13.9. The van der Waals surface area contributed by atoms with Crippen molar-refractivity contribution < 1.29 is 22.7 Å². The molecule has 42 heavy (non-hydrogen) atoms. The highest BCUT2D eigenvalue weighted by atomic mass is 32.2. The van der Waals surface area contributed by atoms with Crippen LogP contribution in [0.2, 0.25) is 0 Å². The Kier molecular flexibility index (Phi) is 9.84. The molecule has 1 N–H and O–H groups in total. The van der Waals surface area contributed by atoms with Crippen LogP contribution in [0, 0.1) is 0 Å². The van der Waals surface area contributed by atoms with Gasteiger partial charge in [-0.15, -0.1) is 10.2 Å². The predicted octanol–water partition coefficient (Wildman–Crippen LogP) is 7.85. The molecular formula is C32H33F3N4O2S. The van der Waals surface area contributed by atoms with Crippen LogP contribution in [0.3, 0.4) is 0 Å². The molecule has 0 radical (unpaired) electrons. The van der Waals surface area contributed by atoms with Crippen molar-refractivity contribution in [1.29, 1.82) is 0 Å². The Balaban J connectivity index is 1.39. The Bertz CT molecular complexity index is 1470. The van der Waals surface area contributed by atoms with E-state index in [1.54, 1.807) is 0 Å². The van der Waals surface area contributed by atoms with Gasteiger partial charge < -0.3 is 10.1 Å². The van der Waals surface area contributed by atoms with Gasteiger partial charge in [0.15, 0.2) is 11.0 Å². The van der Waals surface area contributed by atoms with Crippen molar-refractivity contribution in [3.63, 3.8) is 0 Å². The fraction of sp³-hybridized carbons (Fsp3) is 0.344. The van der Waals surface area contributed by atoms with Crippen molar-refractivity contribution in [3.05, 3.63) is 90.3 Å². The molecule has 1 aliphatic carbocycles. The number of hydrogen-bond donors (Lipinski definition) is 1. The highest BCUT2D eigenvalue weighted by Gasteiger charge is 2.35. The molecule has 1 aromatic heterocycles. The van der Waals surface area contributed by atoms with Crippen molar-refractivity contribution in [3.8, 4) is 22.6 Å². The lowest BCUT2D eigenvalue weighted by Crippen LogP contribution is -2.36. The van der Waals surface area contributed by atoms with Crippen LogP contribution in [-0.4, -0.2) is 32.5 Å². The molecule has 5 rings (SSSR count). The van der Waals surface area contributed by atoms with Crippen LogP contribution >= 0.6 is 11.8 Å². The lowest BCUT2D eigenvalue weighted by atomic mass is 9.97. The normalized spacial score (nSPS) is 14.6. The largest absolute Gasteiger partial charge is 0.485 e.